The third kappa shape index (κ3) is 6.32. The average Bonchev–Trinajstić information content (AvgIpc) is 2.79. The van der Waals surface area contributed by atoms with Gasteiger partial charge >= 0.3 is 0 Å². The third-order valence-corrected chi connectivity index (χ3v) is 6.63. The van der Waals surface area contributed by atoms with Crippen LogP contribution < -0.4 is 19.1 Å². The lowest BCUT2D eigenvalue weighted by molar-refractivity contribution is -0.139. The topological polar surface area (TPSA) is 105 Å². The maximum absolute atomic E-state index is 13.5. The molecule has 1 atom stereocenters. The molecule has 34 heavy (non-hydrogen) atoms. The summed E-state index contributed by atoms with van der Waals surface area (Å²) in [5, 5.41) is 3.20. The van der Waals surface area contributed by atoms with Crippen molar-refractivity contribution < 1.29 is 27.5 Å². The van der Waals surface area contributed by atoms with Crippen molar-refractivity contribution in [2.75, 3.05) is 36.9 Å². The number of ether oxygens (including phenoxy) is 2. The number of amides is 2. The highest BCUT2D eigenvalue weighted by atomic mass is 35.5. The van der Waals surface area contributed by atoms with Crippen LogP contribution in [-0.4, -0.2) is 63.7 Å². The molecule has 3 rings (SSSR count). The molecule has 2 aromatic carbocycles. The van der Waals surface area contributed by atoms with Gasteiger partial charge in [-0.2, -0.15) is 0 Å². The molecule has 0 saturated heterocycles. The Bertz CT molecular complexity index is 1160. The lowest BCUT2D eigenvalue weighted by atomic mass is 10.1. The van der Waals surface area contributed by atoms with Gasteiger partial charge in [0, 0.05) is 24.2 Å². The predicted octanol–water partition coefficient (Wildman–Crippen LogP) is 2.43. The van der Waals surface area contributed by atoms with E-state index < -0.39 is 28.5 Å². The van der Waals surface area contributed by atoms with E-state index in [4.69, 9.17) is 21.1 Å². The van der Waals surface area contributed by atoms with Crippen molar-refractivity contribution in [3.05, 3.63) is 53.1 Å². The van der Waals surface area contributed by atoms with Crippen LogP contribution in [0.2, 0.25) is 5.02 Å². The Kier molecular flexibility index (Phi) is 8.27. The van der Waals surface area contributed by atoms with Crippen molar-refractivity contribution in [1.29, 1.82) is 0 Å². The van der Waals surface area contributed by atoms with E-state index in [1.54, 1.807) is 50.2 Å². The average molecular weight is 510 g/mol. The van der Waals surface area contributed by atoms with Gasteiger partial charge < -0.3 is 19.7 Å². The lowest BCUT2D eigenvalue weighted by Gasteiger charge is -2.31. The Labute approximate surface area is 204 Å². The smallest absolute Gasteiger partial charge is 0.244 e. The van der Waals surface area contributed by atoms with E-state index in [9.17, 15) is 18.0 Å². The molecule has 0 aromatic heterocycles. The van der Waals surface area contributed by atoms with Crippen LogP contribution in [0.5, 0.6) is 11.5 Å². The van der Waals surface area contributed by atoms with Gasteiger partial charge in [-0.3, -0.25) is 13.9 Å². The first kappa shape index (κ1) is 25.6. The summed E-state index contributed by atoms with van der Waals surface area (Å²) in [4.78, 5) is 27.4. The van der Waals surface area contributed by atoms with Gasteiger partial charge in [-0.25, -0.2) is 8.42 Å². The second kappa shape index (κ2) is 11.0. The molecule has 0 spiro atoms. The molecule has 1 aliphatic rings. The minimum Gasteiger partial charge on any atom is -0.486 e. The van der Waals surface area contributed by atoms with Gasteiger partial charge in [0.1, 0.15) is 25.8 Å². The number of hydrogen-bond donors (Lipinski definition) is 1. The monoisotopic (exact) mass is 509 g/mol. The normalized spacial score (nSPS) is 13.6. The standard InChI is InChI=1S/C23H28ClN3O6S/c1-4-25-23(29)16(2)26(14-17-6-5-7-18(24)12-17)22(28)15-27(34(3,30)31)19-8-9-20-21(13-19)33-11-10-32-20/h5-9,12-13,16H,4,10-11,14-15H2,1-3H3,(H,25,29)/t16-/m1/s1. The van der Waals surface area contributed by atoms with Gasteiger partial charge in [-0.05, 0) is 43.7 Å². The Morgan fingerprint density at radius 3 is 2.47 bits per heavy atom. The summed E-state index contributed by atoms with van der Waals surface area (Å²) in [5.41, 5.74) is 0.968. The maximum atomic E-state index is 13.5. The van der Waals surface area contributed by atoms with Crippen LogP contribution in [0.4, 0.5) is 5.69 Å². The van der Waals surface area contributed by atoms with E-state index in [0.717, 1.165) is 10.6 Å². The van der Waals surface area contributed by atoms with Crippen LogP contribution in [0.1, 0.15) is 19.4 Å². The van der Waals surface area contributed by atoms with E-state index in [2.05, 4.69) is 5.32 Å². The number of carbonyl (C=O) groups is 2. The number of hydrogen-bond acceptors (Lipinski definition) is 6. The van der Waals surface area contributed by atoms with Gasteiger partial charge in [0.15, 0.2) is 11.5 Å². The molecular formula is C23H28ClN3O6S. The minimum atomic E-state index is -3.84. The highest BCUT2D eigenvalue weighted by molar-refractivity contribution is 7.92. The van der Waals surface area contributed by atoms with Crippen molar-refractivity contribution >= 4 is 39.1 Å². The fraction of sp³-hybridized carbons (Fsp3) is 0.391. The summed E-state index contributed by atoms with van der Waals surface area (Å²) in [6, 6.07) is 10.8. The fourth-order valence-corrected chi connectivity index (χ4v) is 4.59. The molecule has 9 nitrogen and oxygen atoms in total. The molecule has 1 heterocycles. The zero-order valence-electron chi connectivity index (χ0n) is 19.3. The summed E-state index contributed by atoms with van der Waals surface area (Å²) >= 11 is 6.09. The van der Waals surface area contributed by atoms with Crippen LogP contribution in [-0.2, 0) is 26.2 Å². The number of likely N-dealkylation sites (N-methyl/N-ethyl adjacent to an activating group) is 1. The number of anilines is 1. The van der Waals surface area contributed by atoms with Crippen LogP contribution in [0.25, 0.3) is 0 Å². The zero-order chi connectivity index (χ0) is 24.9. The highest BCUT2D eigenvalue weighted by Crippen LogP contribution is 2.34. The molecule has 0 aliphatic carbocycles. The molecule has 0 radical (unpaired) electrons. The molecule has 0 unspecified atom stereocenters. The maximum Gasteiger partial charge on any atom is 0.244 e. The van der Waals surface area contributed by atoms with E-state index in [1.807, 2.05) is 0 Å². The summed E-state index contributed by atoms with van der Waals surface area (Å²) in [7, 11) is -3.84. The number of halogens is 1. The summed E-state index contributed by atoms with van der Waals surface area (Å²) in [6.45, 7) is 4.10. The lowest BCUT2D eigenvalue weighted by Crippen LogP contribution is -2.51. The third-order valence-electron chi connectivity index (χ3n) is 5.25. The quantitative estimate of drug-likeness (QED) is 0.556. The first-order valence-corrected chi connectivity index (χ1v) is 13.0. The number of nitrogens with zero attached hydrogens (tertiary/aromatic N) is 2. The van der Waals surface area contributed by atoms with Gasteiger partial charge in [-0.15, -0.1) is 0 Å². The van der Waals surface area contributed by atoms with Crippen molar-refractivity contribution in [3.63, 3.8) is 0 Å². The Morgan fingerprint density at radius 2 is 1.82 bits per heavy atom. The van der Waals surface area contributed by atoms with Gasteiger partial charge in [0.25, 0.3) is 0 Å². The van der Waals surface area contributed by atoms with Crippen LogP contribution in [0, 0.1) is 0 Å². The number of rotatable bonds is 9. The Balaban J connectivity index is 1.92. The Morgan fingerprint density at radius 1 is 1.12 bits per heavy atom. The second-order valence-corrected chi connectivity index (χ2v) is 10.2. The summed E-state index contributed by atoms with van der Waals surface area (Å²) in [6.07, 6.45) is 1.02. The molecule has 1 aliphatic heterocycles. The molecule has 0 bridgehead atoms. The molecular weight excluding hydrogens is 482 g/mol. The molecule has 184 valence electrons. The number of carbonyl (C=O) groups excluding carboxylic acids is 2. The highest BCUT2D eigenvalue weighted by Gasteiger charge is 2.30. The number of sulfonamides is 1. The van der Waals surface area contributed by atoms with Crippen molar-refractivity contribution in [2.45, 2.75) is 26.4 Å². The van der Waals surface area contributed by atoms with E-state index in [1.165, 1.54) is 11.0 Å². The summed E-state index contributed by atoms with van der Waals surface area (Å²) in [5.74, 6) is 0.0145. The molecule has 0 saturated carbocycles. The first-order valence-electron chi connectivity index (χ1n) is 10.8. The van der Waals surface area contributed by atoms with E-state index >= 15 is 0 Å². The van der Waals surface area contributed by atoms with E-state index in [0.29, 0.717) is 41.8 Å². The van der Waals surface area contributed by atoms with Crippen LogP contribution in [0.15, 0.2) is 42.5 Å². The SMILES string of the molecule is CCNC(=O)[C@@H](C)N(Cc1cccc(Cl)c1)C(=O)CN(c1ccc2c(c1)OCCO2)S(C)(=O)=O. The molecule has 11 heteroatoms. The summed E-state index contributed by atoms with van der Waals surface area (Å²) < 4.78 is 37.4. The van der Waals surface area contributed by atoms with Crippen molar-refractivity contribution in [1.82, 2.24) is 10.2 Å². The number of fused-ring (bicyclic) bond motifs is 1. The zero-order valence-corrected chi connectivity index (χ0v) is 20.9. The Hall–Kier alpha value is -2.98. The van der Waals surface area contributed by atoms with Gasteiger partial charge in [-0.1, -0.05) is 23.7 Å². The van der Waals surface area contributed by atoms with Crippen LogP contribution >= 0.6 is 11.6 Å². The predicted molar refractivity (Wildman–Crippen MR) is 130 cm³/mol. The first-order chi connectivity index (χ1) is 16.1. The van der Waals surface area contributed by atoms with Crippen molar-refractivity contribution in [3.8, 4) is 11.5 Å². The number of nitrogens with one attached hydrogen (secondary N) is 1. The van der Waals surface area contributed by atoms with Gasteiger partial charge in [0.05, 0.1) is 11.9 Å². The molecule has 2 amide bonds. The van der Waals surface area contributed by atoms with E-state index in [-0.39, 0.29) is 18.1 Å². The molecule has 0 fully saturated rings. The largest absolute Gasteiger partial charge is 0.486 e. The second-order valence-electron chi connectivity index (χ2n) is 7.82. The molecule has 1 N–H and O–H groups in total. The fourth-order valence-electron chi connectivity index (χ4n) is 3.54. The van der Waals surface area contributed by atoms with Gasteiger partial charge in [0.2, 0.25) is 21.8 Å². The minimum absolute atomic E-state index is 0.0798. The van der Waals surface area contributed by atoms with Crippen molar-refractivity contribution in [2.24, 2.45) is 0 Å². The molecule has 2 aromatic rings. The number of benzene rings is 2. The van der Waals surface area contributed by atoms with Crippen LogP contribution in [0.3, 0.4) is 0 Å².